The summed E-state index contributed by atoms with van der Waals surface area (Å²) in [5.41, 5.74) is 0. The van der Waals surface area contributed by atoms with E-state index >= 15 is 0 Å². The number of hydrogen-bond acceptors (Lipinski definition) is 2. The predicted molar refractivity (Wildman–Crippen MR) is 28.0 cm³/mol. The zero-order valence-electron chi connectivity index (χ0n) is 2.53. The molecule has 0 spiro atoms. The molecule has 0 bridgehead atoms. The second kappa shape index (κ2) is 33.4. The van der Waals surface area contributed by atoms with Gasteiger partial charge in [-0.3, -0.25) is 0 Å². The van der Waals surface area contributed by atoms with Gasteiger partial charge in [0, 0.05) is 17.1 Å². The molecule has 0 aliphatic carbocycles. The molecule has 0 aliphatic heterocycles. The Morgan fingerprint density at radius 3 is 1.00 bits per heavy atom. The molecule has 1 nitrogen and oxygen atoms in total. The Balaban J connectivity index is -0.00000000167. The van der Waals surface area contributed by atoms with Gasteiger partial charge in [-0.2, -0.15) is 4.21 Å². The Morgan fingerprint density at radius 1 is 1.00 bits per heavy atom. The van der Waals surface area contributed by atoms with Crippen molar-refractivity contribution in [2.45, 2.75) is 0 Å². The van der Waals surface area contributed by atoms with E-state index in [0.717, 1.165) is 0 Å². The van der Waals surface area contributed by atoms with Crippen molar-refractivity contribution in [1.82, 2.24) is 0 Å². The minimum atomic E-state index is 0. The Bertz CT molecular complexity index is 9.61. The predicted octanol–water partition coefficient (Wildman–Crippen LogP) is -2.71. The van der Waals surface area contributed by atoms with E-state index in [2.05, 4.69) is 12.5 Å². The maximum absolute atomic E-state index is 7.83. The van der Waals surface area contributed by atoms with Crippen LogP contribution < -0.4 is 0 Å². The van der Waals surface area contributed by atoms with Crippen LogP contribution in [0.1, 0.15) is 0 Å². The van der Waals surface area contributed by atoms with E-state index in [1.54, 1.807) is 0 Å². The maximum Gasteiger partial charge on any atom is 0 e. The molecule has 0 N–H and O–H groups in total. The van der Waals surface area contributed by atoms with E-state index in [9.17, 15) is 0 Å². The fraction of sp³-hybridized carbons (Fsp3) is 0. The molecule has 0 heterocycles. The van der Waals surface area contributed by atoms with E-state index in [1.165, 1.54) is 0 Å². The van der Waals surface area contributed by atoms with Crippen molar-refractivity contribution in [3.63, 3.8) is 0 Å². The third kappa shape index (κ3) is 22.0. The van der Waals surface area contributed by atoms with Gasteiger partial charge in [0.1, 0.15) is 0 Å². The smallest absolute Gasteiger partial charge is 0 e. The van der Waals surface area contributed by atoms with Crippen LogP contribution >= 0.6 is 0 Å². The molecule has 0 amide bonds. The maximum atomic E-state index is 7.83. The summed E-state index contributed by atoms with van der Waals surface area (Å²) in [4.78, 5) is 0. The number of rotatable bonds is 0. The summed E-state index contributed by atoms with van der Waals surface area (Å²) in [6.07, 6.45) is 0. The minimum Gasteiger partial charge on any atom is 0 e. The van der Waals surface area contributed by atoms with E-state index in [0.29, 0.717) is 0 Å². The molecule has 0 saturated carbocycles. The van der Waals surface area contributed by atoms with Gasteiger partial charge in [0.05, 0.1) is 0 Å². The van der Waals surface area contributed by atoms with Crippen LogP contribution in [0.5, 0.6) is 0 Å². The molecular weight excluding hydrogens is 530 g/mol. The van der Waals surface area contributed by atoms with E-state index in [1.807, 2.05) is 0 Å². The van der Waals surface area contributed by atoms with Gasteiger partial charge in [0.25, 0.3) is 0 Å². The average molecular weight is 536 g/mol. The molecule has 39 valence electrons. The first kappa shape index (κ1) is 26.6. The number of hydrogen-bond donors (Lipinski definition) is 0. The molecule has 0 aromatic heterocycles. The van der Waals surface area contributed by atoms with E-state index in [-0.39, 0.29) is 69.5 Å². The zero-order chi connectivity index (χ0) is 2.00. The Labute approximate surface area is 84.9 Å². The van der Waals surface area contributed by atoms with Gasteiger partial charge in [0.15, 0.2) is 12.5 Å². The van der Waals surface area contributed by atoms with Crippen LogP contribution in [0.3, 0.4) is 0 Å². The van der Waals surface area contributed by atoms with Gasteiger partial charge in [-0.15, -0.1) is 0 Å². The summed E-state index contributed by atoms with van der Waals surface area (Å²) in [7, 11) is 0. The fourth-order valence-electron chi connectivity index (χ4n) is 0. The van der Waals surface area contributed by atoms with Gasteiger partial charge >= 0.3 is 52.4 Å². The van der Waals surface area contributed by atoms with Crippen LogP contribution in [0.15, 0.2) is 0 Å². The van der Waals surface area contributed by atoms with Crippen LogP contribution in [0.2, 0.25) is 0 Å². The van der Waals surface area contributed by atoms with Crippen molar-refractivity contribution in [1.29, 1.82) is 0 Å². The monoisotopic (exact) mass is 535 g/mol. The molecule has 5 heavy (non-hydrogen) atoms. The standard InChI is InChI=1S/2Bi.Cu.OS.6H/c;;;1-2;;;;;;. The van der Waals surface area contributed by atoms with Gasteiger partial charge < -0.3 is 0 Å². The van der Waals surface area contributed by atoms with Crippen molar-refractivity contribution >= 4 is 64.9 Å². The molecule has 1 radical (unpaired) electrons. The van der Waals surface area contributed by atoms with Gasteiger partial charge in [0.2, 0.25) is 0 Å². The molecule has 5 heteroatoms. The normalized spacial score (nSPS) is 0.800. The SMILES string of the molecule is O=S.[BiH3].[BiH3].[Cu]. The van der Waals surface area contributed by atoms with E-state index < -0.39 is 0 Å². The van der Waals surface area contributed by atoms with Crippen molar-refractivity contribution in [3.8, 4) is 0 Å². The first-order valence-electron chi connectivity index (χ1n) is 0.167. The quantitative estimate of drug-likeness (QED) is 0.314. The van der Waals surface area contributed by atoms with Crippen molar-refractivity contribution in [2.24, 2.45) is 0 Å². The molecule has 0 rings (SSSR count). The molecule has 0 aromatic carbocycles. The van der Waals surface area contributed by atoms with Crippen LogP contribution in [0.4, 0.5) is 0 Å². The van der Waals surface area contributed by atoms with Crippen LogP contribution in [0, 0.1) is 0 Å². The summed E-state index contributed by atoms with van der Waals surface area (Å²) in [6.45, 7) is 0. The van der Waals surface area contributed by atoms with Crippen LogP contribution in [0.25, 0.3) is 0 Å². The second-order valence-electron chi connectivity index (χ2n) is 0. The topological polar surface area (TPSA) is 17.1 Å². The second-order valence-corrected chi connectivity index (χ2v) is 0. The summed E-state index contributed by atoms with van der Waals surface area (Å²) >= 11 is 2.83. The molecule has 0 atom stereocenters. The molecule has 0 aliphatic rings. The summed E-state index contributed by atoms with van der Waals surface area (Å²) in [5.74, 6) is 0. The van der Waals surface area contributed by atoms with Gasteiger partial charge in [-0.25, -0.2) is 0 Å². The Kier molecular flexibility index (Phi) is 178. The minimum absolute atomic E-state index is 0. The molecule has 0 aromatic rings. The van der Waals surface area contributed by atoms with Crippen molar-refractivity contribution in [3.05, 3.63) is 0 Å². The Morgan fingerprint density at radius 2 is 1.00 bits per heavy atom. The molecule has 0 fully saturated rings. The van der Waals surface area contributed by atoms with Crippen LogP contribution in [-0.4, -0.2) is 56.6 Å². The van der Waals surface area contributed by atoms with Gasteiger partial charge in [-0.05, 0) is 0 Å². The van der Waals surface area contributed by atoms with Crippen molar-refractivity contribution < 1.29 is 21.3 Å². The summed E-state index contributed by atoms with van der Waals surface area (Å²) in [5, 5.41) is 0. The summed E-state index contributed by atoms with van der Waals surface area (Å²) < 4.78 is 7.83. The third-order valence-corrected chi connectivity index (χ3v) is 0. The van der Waals surface area contributed by atoms with E-state index in [4.69, 9.17) is 4.21 Å². The summed E-state index contributed by atoms with van der Waals surface area (Å²) in [6, 6.07) is 0. The molecule has 0 saturated heterocycles. The Hall–Kier alpha value is 2.31. The zero-order valence-corrected chi connectivity index (χ0v) is 15.3. The first-order valence-corrected chi connectivity index (χ1v) is 0.500. The van der Waals surface area contributed by atoms with Crippen molar-refractivity contribution in [2.75, 3.05) is 0 Å². The molecule has 0 unspecified atom stereocenters. The van der Waals surface area contributed by atoms with Gasteiger partial charge in [-0.1, -0.05) is 0 Å². The molecular formula is H6Bi2CuOS. The largest absolute Gasteiger partial charge is 0 e. The average Bonchev–Trinajstić information content (AvgIpc) is 1.00. The first-order chi connectivity index (χ1) is 1.00. The van der Waals surface area contributed by atoms with Crippen LogP contribution in [-0.2, 0) is 29.6 Å². The fourth-order valence-corrected chi connectivity index (χ4v) is 0. The third-order valence-electron chi connectivity index (χ3n) is 0.